The number of anilines is 1. The molecule has 3 aromatic rings. The van der Waals surface area contributed by atoms with Crippen molar-refractivity contribution >= 4 is 29.4 Å². The second-order valence-corrected chi connectivity index (χ2v) is 7.34. The Balaban J connectivity index is 1.50. The average molecular weight is 448 g/mol. The molecule has 0 bridgehead atoms. The number of amides is 2. The largest absolute Gasteiger partial charge is 0.337 e. The summed E-state index contributed by atoms with van der Waals surface area (Å²) in [5.74, 6) is -0.795. The van der Waals surface area contributed by atoms with Crippen LogP contribution in [0.25, 0.3) is 11.6 Å². The summed E-state index contributed by atoms with van der Waals surface area (Å²) >= 11 is 0. The van der Waals surface area contributed by atoms with E-state index in [0.29, 0.717) is 43.3 Å². The van der Waals surface area contributed by atoms with Crippen molar-refractivity contribution in [1.29, 1.82) is 0 Å². The summed E-state index contributed by atoms with van der Waals surface area (Å²) in [5.41, 5.74) is 3.51. The highest BCUT2D eigenvalue weighted by Gasteiger charge is 2.25. The SMILES string of the molecule is O=C(NO)c1cnc(N2CCN(C(=O)C(=Cc3cccnc3)c3ccc(F)cc3)CC2)nc1. The number of carbonyl (C=O) groups excluding carboxylic acids is 2. The molecule has 2 aromatic heterocycles. The Morgan fingerprint density at radius 2 is 1.67 bits per heavy atom. The van der Waals surface area contributed by atoms with Gasteiger partial charge in [-0.15, -0.1) is 0 Å². The van der Waals surface area contributed by atoms with Gasteiger partial charge in [0, 0.05) is 56.5 Å². The number of hydrogen-bond donors (Lipinski definition) is 2. The smallest absolute Gasteiger partial charge is 0.277 e. The molecule has 1 aliphatic rings. The fourth-order valence-corrected chi connectivity index (χ4v) is 3.47. The molecular weight excluding hydrogens is 427 g/mol. The monoisotopic (exact) mass is 448 g/mol. The van der Waals surface area contributed by atoms with Gasteiger partial charge in [0.25, 0.3) is 11.8 Å². The molecule has 1 fully saturated rings. The molecule has 0 radical (unpaired) electrons. The number of hydrogen-bond acceptors (Lipinski definition) is 7. The van der Waals surface area contributed by atoms with Crippen LogP contribution in [0.4, 0.5) is 10.3 Å². The molecule has 1 saturated heterocycles. The van der Waals surface area contributed by atoms with E-state index in [9.17, 15) is 14.0 Å². The van der Waals surface area contributed by atoms with E-state index >= 15 is 0 Å². The predicted molar refractivity (Wildman–Crippen MR) is 119 cm³/mol. The molecule has 3 heterocycles. The summed E-state index contributed by atoms with van der Waals surface area (Å²) in [6, 6.07) is 9.46. The highest BCUT2D eigenvalue weighted by atomic mass is 19.1. The van der Waals surface area contributed by atoms with E-state index in [1.54, 1.807) is 41.6 Å². The fourth-order valence-electron chi connectivity index (χ4n) is 3.47. The first-order valence-electron chi connectivity index (χ1n) is 10.2. The van der Waals surface area contributed by atoms with E-state index in [1.807, 2.05) is 11.0 Å². The Hall–Kier alpha value is -4.18. The Bertz CT molecular complexity index is 1150. The number of halogens is 1. The quantitative estimate of drug-likeness (QED) is 0.349. The summed E-state index contributed by atoms with van der Waals surface area (Å²) < 4.78 is 13.4. The maximum atomic E-state index is 13.4. The Morgan fingerprint density at radius 3 is 2.27 bits per heavy atom. The lowest BCUT2D eigenvalue weighted by molar-refractivity contribution is -0.125. The molecule has 0 unspecified atom stereocenters. The fraction of sp³-hybridized carbons (Fsp3) is 0.174. The lowest BCUT2D eigenvalue weighted by Gasteiger charge is -2.35. The van der Waals surface area contributed by atoms with Crippen molar-refractivity contribution in [3.8, 4) is 0 Å². The van der Waals surface area contributed by atoms with E-state index < -0.39 is 5.91 Å². The highest BCUT2D eigenvalue weighted by molar-refractivity contribution is 6.24. The molecule has 1 aromatic carbocycles. The normalized spacial score (nSPS) is 14.2. The minimum atomic E-state index is -0.689. The summed E-state index contributed by atoms with van der Waals surface area (Å²) in [4.78, 5) is 40.9. The lowest BCUT2D eigenvalue weighted by Crippen LogP contribution is -2.49. The first kappa shape index (κ1) is 22.0. The molecule has 0 spiro atoms. The van der Waals surface area contributed by atoms with Gasteiger partial charge in [0.2, 0.25) is 5.95 Å². The summed E-state index contributed by atoms with van der Waals surface area (Å²) in [5, 5.41) is 8.69. The zero-order chi connectivity index (χ0) is 23.2. The van der Waals surface area contributed by atoms with Gasteiger partial charge in [-0.2, -0.15) is 0 Å². The van der Waals surface area contributed by atoms with Crippen molar-refractivity contribution in [2.24, 2.45) is 0 Å². The van der Waals surface area contributed by atoms with Crippen LogP contribution in [-0.2, 0) is 4.79 Å². The van der Waals surface area contributed by atoms with Gasteiger partial charge in [0.1, 0.15) is 5.82 Å². The lowest BCUT2D eigenvalue weighted by atomic mass is 10.0. The molecule has 0 saturated carbocycles. The van der Waals surface area contributed by atoms with E-state index in [-0.39, 0.29) is 17.3 Å². The van der Waals surface area contributed by atoms with Gasteiger partial charge in [-0.25, -0.2) is 19.8 Å². The molecular formula is C23H21FN6O3. The van der Waals surface area contributed by atoms with E-state index in [2.05, 4.69) is 15.0 Å². The molecule has 168 valence electrons. The van der Waals surface area contributed by atoms with E-state index in [4.69, 9.17) is 5.21 Å². The van der Waals surface area contributed by atoms with Crippen molar-refractivity contribution < 1.29 is 19.2 Å². The number of hydroxylamine groups is 1. The molecule has 33 heavy (non-hydrogen) atoms. The number of nitrogens with zero attached hydrogens (tertiary/aromatic N) is 5. The van der Waals surface area contributed by atoms with Gasteiger partial charge >= 0.3 is 0 Å². The molecule has 2 amide bonds. The molecule has 2 N–H and O–H groups in total. The number of aromatic nitrogens is 3. The first-order valence-corrected chi connectivity index (χ1v) is 10.2. The zero-order valence-electron chi connectivity index (χ0n) is 17.6. The number of piperazine rings is 1. The number of pyridine rings is 1. The van der Waals surface area contributed by atoms with Crippen LogP contribution in [-0.4, -0.2) is 63.1 Å². The van der Waals surface area contributed by atoms with Crippen LogP contribution in [0.2, 0.25) is 0 Å². The van der Waals surface area contributed by atoms with Crippen LogP contribution >= 0.6 is 0 Å². The third-order valence-electron chi connectivity index (χ3n) is 5.23. The maximum absolute atomic E-state index is 13.4. The first-order chi connectivity index (χ1) is 16.0. The van der Waals surface area contributed by atoms with E-state index in [0.717, 1.165) is 5.56 Å². The molecule has 4 rings (SSSR count). The van der Waals surface area contributed by atoms with Gasteiger partial charge in [-0.05, 0) is 35.4 Å². The zero-order valence-corrected chi connectivity index (χ0v) is 17.6. The van der Waals surface area contributed by atoms with Gasteiger partial charge in [-0.3, -0.25) is 19.8 Å². The molecule has 10 heteroatoms. The minimum absolute atomic E-state index is 0.138. The molecule has 0 atom stereocenters. The second-order valence-electron chi connectivity index (χ2n) is 7.34. The third-order valence-corrected chi connectivity index (χ3v) is 5.23. The van der Waals surface area contributed by atoms with E-state index in [1.165, 1.54) is 30.0 Å². The van der Waals surface area contributed by atoms with Crippen molar-refractivity contribution in [3.63, 3.8) is 0 Å². The maximum Gasteiger partial charge on any atom is 0.277 e. The topological polar surface area (TPSA) is 112 Å². The van der Waals surface area contributed by atoms with Gasteiger partial charge < -0.3 is 9.80 Å². The highest BCUT2D eigenvalue weighted by Crippen LogP contribution is 2.23. The summed E-state index contributed by atoms with van der Waals surface area (Å²) in [7, 11) is 0. The van der Waals surface area contributed by atoms with Crippen LogP contribution in [0.5, 0.6) is 0 Å². The third kappa shape index (κ3) is 5.18. The molecule has 0 aliphatic carbocycles. The summed E-state index contributed by atoms with van der Waals surface area (Å²) in [6.07, 6.45) is 7.72. The van der Waals surface area contributed by atoms with Crippen LogP contribution in [0.15, 0.2) is 61.2 Å². The van der Waals surface area contributed by atoms with Crippen molar-refractivity contribution in [1.82, 2.24) is 25.3 Å². The number of carbonyl (C=O) groups is 2. The average Bonchev–Trinajstić information content (AvgIpc) is 2.88. The number of benzene rings is 1. The van der Waals surface area contributed by atoms with Gasteiger partial charge in [0.15, 0.2) is 0 Å². The minimum Gasteiger partial charge on any atom is -0.337 e. The number of nitrogens with one attached hydrogen (secondary N) is 1. The number of rotatable bonds is 5. The van der Waals surface area contributed by atoms with Crippen LogP contribution in [0, 0.1) is 5.82 Å². The van der Waals surface area contributed by atoms with Crippen LogP contribution in [0.1, 0.15) is 21.5 Å². The van der Waals surface area contributed by atoms with Gasteiger partial charge in [-0.1, -0.05) is 18.2 Å². The summed E-state index contributed by atoms with van der Waals surface area (Å²) in [6.45, 7) is 1.88. The Morgan fingerprint density at radius 1 is 0.970 bits per heavy atom. The Labute approximate surface area is 189 Å². The predicted octanol–water partition coefficient (Wildman–Crippen LogP) is 2.02. The second kappa shape index (κ2) is 9.96. The molecule has 9 nitrogen and oxygen atoms in total. The van der Waals surface area contributed by atoms with Crippen molar-refractivity contribution in [2.75, 3.05) is 31.1 Å². The van der Waals surface area contributed by atoms with Crippen molar-refractivity contribution in [2.45, 2.75) is 0 Å². The Kier molecular flexibility index (Phi) is 6.65. The van der Waals surface area contributed by atoms with Crippen molar-refractivity contribution in [3.05, 3.63) is 83.7 Å². The van der Waals surface area contributed by atoms with Crippen LogP contribution < -0.4 is 10.4 Å². The van der Waals surface area contributed by atoms with Gasteiger partial charge in [0.05, 0.1) is 5.56 Å². The molecule has 1 aliphatic heterocycles. The standard InChI is InChI=1S/C23H21FN6O3/c24-19-5-3-17(4-6-19)20(12-16-2-1-7-25-13-16)22(32)29-8-10-30(11-9-29)23-26-14-18(15-27-23)21(31)28-33/h1-7,12-15,33H,8-11H2,(H,28,31). The van der Waals surface area contributed by atoms with Crippen LogP contribution in [0.3, 0.4) is 0 Å².